The number of nitrogens with one attached hydrogen (secondary N) is 1. The highest BCUT2D eigenvalue weighted by Crippen LogP contribution is 2.32. The molecular weight excluding hydrogens is 399 g/mol. The van der Waals surface area contributed by atoms with E-state index in [0.29, 0.717) is 44.3 Å². The van der Waals surface area contributed by atoms with Gasteiger partial charge in [0.1, 0.15) is 11.4 Å². The summed E-state index contributed by atoms with van der Waals surface area (Å²) >= 11 is 0. The van der Waals surface area contributed by atoms with Crippen molar-refractivity contribution in [3.63, 3.8) is 0 Å². The summed E-state index contributed by atoms with van der Waals surface area (Å²) in [5.41, 5.74) is -0.441. The van der Waals surface area contributed by atoms with Gasteiger partial charge < -0.3 is 15.1 Å². The van der Waals surface area contributed by atoms with Gasteiger partial charge in [0, 0.05) is 26.2 Å². The van der Waals surface area contributed by atoms with Gasteiger partial charge in [-0.25, -0.2) is 9.18 Å². The number of hydrogen-bond acceptors (Lipinski definition) is 4. The molecule has 0 aliphatic carbocycles. The first kappa shape index (κ1) is 21.7. The second-order valence-corrected chi connectivity index (χ2v) is 8.93. The van der Waals surface area contributed by atoms with Gasteiger partial charge in [-0.3, -0.25) is 14.5 Å². The fraction of sp³-hybridized carbons (Fsp3) is 0.609. The molecule has 1 unspecified atom stereocenters. The summed E-state index contributed by atoms with van der Waals surface area (Å²) in [6.45, 7) is 5.60. The van der Waals surface area contributed by atoms with Crippen molar-refractivity contribution in [2.24, 2.45) is 0 Å². The van der Waals surface area contributed by atoms with E-state index in [1.165, 1.54) is 11.0 Å². The van der Waals surface area contributed by atoms with Gasteiger partial charge >= 0.3 is 6.03 Å². The molecule has 3 aliphatic rings. The summed E-state index contributed by atoms with van der Waals surface area (Å²) in [6, 6.07) is 5.59. The number of carbonyl (C=O) groups excluding carboxylic acids is 3. The van der Waals surface area contributed by atoms with Crippen LogP contribution in [0.3, 0.4) is 0 Å². The molecule has 8 heteroatoms. The van der Waals surface area contributed by atoms with Gasteiger partial charge in [-0.1, -0.05) is 25.1 Å². The number of urea groups is 1. The first-order valence-corrected chi connectivity index (χ1v) is 11.3. The molecule has 1 aromatic carbocycles. The normalized spacial score (nSPS) is 24.0. The maximum Gasteiger partial charge on any atom is 0.325 e. The molecule has 4 rings (SSSR count). The minimum Gasteiger partial charge on any atom is -0.340 e. The minimum absolute atomic E-state index is 0.0171. The van der Waals surface area contributed by atoms with Gasteiger partial charge in [-0.15, -0.1) is 0 Å². The maximum atomic E-state index is 13.9. The zero-order chi connectivity index (χ0) is 22.0. The Bertz CT molecular complexity index is 853. The van der Waals surface area contributed by atoms with Crippen LogP contribution in [-0.2, 0) is 16.0 Å². The van der Waals surface area contributed by atoms with E-state index in [1.54, 1.807) is 23.1 Å². The SMILES string of the molecule is CCCN1CCC2(CC1)NC(=O)N(C1CCCN(C(=O)Cc3ccccc3F)C1)C2=O. The smallest absolute Gasteiger partial charge is 0.325 e. The van der Waals surface area contributed by atoms with Crippen molar-refractivity contribution in [1.29, 1.82) is 0 Å². The molecule has 31 heavy (non-hydrogen) atoms. The summed E-state index contributed by atoms with van der Waals surface area (Å²) in [7, 11) is 0. The number of rotatable bonds is 5. The van der Waals surface area contributed by atoms with E-state index in [4.69, 9.17) is 0 Å². The lowest BCUT2D eigenvalue weighted by Gasteiger charge is -2.39. The Balaban J connectivity index is 1.41. The highest BCUT2D eigenvalue weighted by Gasteiger charge is 2.54. The second kappa shape index (κ2) is 8.94. The molecule has 168 valence electrons. The van der Waals surface area contributed by atoms with Crippen LogP contribution in [0.1, 0.15) is 44.6 Å². The monoisotopic (exact) mass is 430 g/mol. The van der Waals surface area contributed by atoms with Crippen molar-refractivity contribution in [3.05, 3.63) is 35.6 Å². The van der Waals surface area contributed by atoms with Gasteiger partial charge in [0.05, 0.1) is 12.5 Å². The van der Waals surface area contributed by atoms with Crippen molar-refractivity contribution in [1.82, 2.24) is 20.0 Å². The maximum absolute atomic E-state index is 13.9. The van der Waals surface area contributed by atoms with E-state index in [0.717, 1.165) is 26.1 Å². The fourth-order valence-corrected chi connectivity index (χ4v) is 5.09. The Morgan fingerprint density at radius 1 is 1.19 bits per heavy atom. The zero-order valence-corrected chi connectivity index (χ0v) is 18.1. The van der Waals surface area contributed by atoms with Gasteiger partial charge in [-0.05, 0) is 50.3 Å². The van der Waals surface area contributed by atoms with Crippen LogP contribution in [0.15, 0.2) is 24.3 Å². The largest absolute Gasteiger partial charge is 0.340 e. The zero-order valence-electron chi connectivity index (χ0n) is 18.1. The Labute approximate surface area is 182 Å². The molecule has 1 atom stereocenters. The van der Waals surface area contributed by atoms with Crippen LogP contribution in [0, 0.1) is 5.82 Å². The van der Waals surface area contributed by atoms with Gasteiger partial charge in [0.15, 0.2) is 0 Å². The number of imide groups is 1. The number of halogens is 1. The third-order valence-electron chi connectivity index (χ3n) is 6.86. The van der Waals surface area contributed by atoms with Gasteiger partial charge in [0.2, 0.25) is 5.91 Å². The second-order valence-electron chi connectivity index (χ2n) is 8.93. The quantitative estimate of drug-likeness (QED) is 0.727. The highest BCUT2D eigenvalue weighted by atomic mass is 19.1. The minimum atomic E-state index is -0.805. The average Bonchev–Trinajstić information content (AvgIpc) is 3.01. The Morgan fingerprint density at radius 2 is 1.94 bits per heavy atom. The molecule has 7 nitrogen and oxygen atoms in total. The van der Waals surface area contributed by atoms with Crippen molar-refractivity contribution in [2.75, 3.05) is 32.7 Å². The Morgan fingerprint density at radius 3 is 2.65 bits per heavy atom. The molecule has 3 heterocycles. The van der Waals surface area contributed by atoms with Crippen LogP contribution >= 0.6 is 0 Å². The van der Waals surface area contributed by atoms with Gasteiger partial charge in [-0.2, -0.15) is 0 Å². The van der Waals surface area contributed by atoms with Crippen LogP contribution in [0.2, 0.25) is 0 Å². The van der Waals surface area contributed by atoms with Crippen LogP contribution in [0.25, 0.3) is 0 Å². The number of hydrogen-bond donors (Lipinski definition) is 1. The topological polar surface area (TPSA) is 73.0 Å². The standard InChI is InChI=1S/C23H31FN4O3/c1-2-11-26-13-9-23(10-14-26)21(30)28(22(31)25-23)18-7-5-12-27(16-18)20(29)15-17-6-3-4-8-19(17)24/h3-4,6,8,18H,2,5,7,9-16H2,1H3,(H,25,31). The molecule has 4 amide bonds. The fourth-order valence-electron chi connectivity index (χ4n) is 5.09. The van der Waals surface area contributed by atoms with Crippen LogP contribution < -0.4 is 5.32 Å². The molecule has 3 fully saturated rings. The van der Waals surface area contributed by atoms with E-state index < -0.39 is 11.4 Å². The summed E-state index contributed by atoms with van der Waals surface area (Å²) in [5, 5.41) is 2.98. The lowest BCUT2D eigenvalue weighted by atomic mass is 9.87. The number of nitrogens with zero attached hydrogens (tertiary/aromatic N) is 3. The molecule has 0 radical (unpaired) electrons. The number of benzene rings is 1. The van der Waals surface area contributed by atoms with Crippen molar-refractivity contribution in [2.45, 2.75) is 57.0 Å². The highest BCUT2D eigenvalue weighted by molar-refractivity contribution is 6.07. The molecule has 0 bridgehead atoms. The molecule has 3 saturated heterocycles. The van der Waals surface area contributed by atoms with Crippen LogP contribution in [0.4, 0.5) is 9.18 Å². The number of likely N-dealkylation sites (tertiary alicyclic amines) is 2. The molecule has 1 aromatic rings. The first-order valence-electron chi connectivity index (χ1n) is 11.3. The number of carbonyl (C=O) groups is 3. The summed E-state index contributed by atoms with van der Waals surface area (Å²) in [6.07, 6.45) is 3.69. The molecule has 3 aliphatic heterocycles. The predicted octanol–water partition coefficient (Wildman–Crippen LogP) is 2.16. The molecule has 1 spiro atoms. The summed E-state index contributed by atoms with van der Waals surface area (Å²) < 4.78 is 13.9. The predicted molar refractivity (Wildman–Crippen MR) is 114 cm³/mol. The number of piperidine rings is 2. The van der Waals surface area contributed by atoms with E-state index >= 15 is 0 Å². The van der Waals surface area contributed by atoms with Crippen molar-refractivity contribution < 1.29 is 18.8 Å². The van der Waals surface area contributed by atoms with E-state index in [9.17, 15) is 18.8 Å². The Kier molecular flexibility index (Phi) is 6.27. The summed E-state index contributed by atoms with van der Waals surface area (Å²) in [4.78, 5) is 44.3. The van der Waals surface area contributed by atoms with Crippen LogP contribution in [0.5, 0.6) is 0 Å². The third kappa shape index (κ3) is 4.31. The van der Waals surface area contributed by atoms with Crippen molar-refractivity contribution >= 4 is 17.8 Å². The third-order valence-corrected chi connectivity index (χ3v) is 6.86. The molecule has 0 saturated carbocycles. The summed E-state index contributed by atoms with van der Waals surface area (Å²) in [5.74, 6) is -0.721. The first-order chi connectivity index (χ1) is 14.9. The molecular formula is C23H31FN4O3. The van der Waals surface area contributed by atoms with E-state index in [2.05, 4.69) is 17.1 Å². The van der Waals surface area contributed by atoms with Crippen molar-refractivity contribution in [3.8, 4) is 0 Å². The van der Waals surface area contributed by atoms with Gasteiger partial charge in [0.25, 0.3) is 5.91 Å². The number of amides is 4. The lowest BCUT2D eigenvalue weighted by molar-refractivity contribution is -0.139. The lowest BCUT2D eigenvalue weighted by Crippen LogP contribution is -2.56. The molecule has 1 N–H and O–H groups in total. The average molecular weight is 431 g/mol. The van der Waals surface area contributed by atoms with E-state index in [-0.39, 0.29) is 30.3 Å². The molecule has 0 aromatic heterocycles. The Hall–Kier alpha value is -2.48. The van der Waals surface area contributed by atoms with Crippen LogP contribution in [-0.4, -0.2) is 76.8 Å². The van der Waals surface area contributed by atoms with E-state index in [1.807, 2.05) is 0 Å².